The minimum atomic E-state index is -1.23. The van der Waals surface area contributed by atoms with Gasteiger partial charge in [-0.2, -0.15) is 0 Å². The summed E-state index contributed by atoms with van der Waals surface area (Å²) in [5.41, 5.74) is -0.923. The van der Waals surface area contributed by atoms with E-state index in [0.717, 1.165) is 24.3 Å². The monoisotopic (exact) mass is 347 g/mol. The van der Waals surface area contributed by atoms with Crippen LogP contribution in [0.5, 0.6) is 0 Å². The first kappa shape index (κ1) is 14.5. The van der Waals surface area contributed by atoms with Gasteiger partial charge in [0.1, 0.15) is 5.69 Å². The molecule has 2 rings (SSSR count). The van der Waals surface area contributed by atoms with Crippen LogP contribution in [0.15, 0.2) is 34.8 Å². The number of amides is 1. The molecule has 2 aromatic rings. The Bertz CT molecular complexity index is 667. The summed E-state index contributed by atoms with van der Waals surface area (Å²) in [4.78, 5) is 11.7. The number of nitrogens with one attached hydrogen (secondary N) is 1. The van der Waals surface area contributed by atoms with Gasteiger partial charge in [0.05, 0.1) is 0 Å². The highest BCUT2D eigenvalue weighted by molar-refractivity contribution is 9.10. The van der Waals surface area contributed by atoms with Gasteiger partial charge in [-0.15, -0.1) is 0 Å². The summed E-state index contributed by atoms with van der Waals surface area (Å²) in [6, 6.07) is 4.31. The molecule has 1 amide bonds. The molecule has 0 fully saturated rings. The Morgan fingerprint density at radius 2 is 1.50 bits per heavy atom. The first-order valence-electron chi connectivity index (χ1n) is 5.29. The molecule has 0 saturated heterocycles. The van der Waals surface area contributed by atoms with Crippen LogP contribution in [0.25, 0.3) is 0 Å². The van der Waals surface area contributed by atoms with E-state index >= 15 is 0 Å². The molecule has 0 radical (unpaired) electrons. The van der Waals surface area contributed by atoms with E-state index in [9.17, 15) is 22.4 Å². The lowest BCUT2D eigenvalue weighted by Gasteiger charge is -2.08. The molecular formula is C13H6BrF4NO. The van der Waals surface area contributed by atoms with Crippen molar-refractivity contribution in [1.29, 1.82) is 0 Å². The van der Waals surface area contributed by atoms with Gasteiger partial charge >= 0.3 is 0 Å². The maximum Gasteiger partial charge on any atom is 0.255 e. The lowest BCUT2D eigenvalue weighted by Crippen LogP contribution is -2.14. The van der Waals surface area contributed by atoms with Crippen LogP contribution < -0.4 is 5.32 Å². The van der Waals surface area contributed by atoms with Crippen molar-refractivity contribution in [3.05, 3.63) is 63.6 Å². The van der Waals surface area contributed by atoms with Gasteiger partial charge in [-0.3, -0.25) is 4.79 Å². The third-order valence-electron chi connectivity index (χ3n) is 2.43. The Kier molecular flexibility index (Phi) is 4.08. The summed E-state index contributed by atoms with van der Waals surface area (Å²) in [7, 11) is 0. The lowest BCUT2D eigenvalue weighted by atomic mass is 10.2. The molecule has 7 heteroatoms. The molecule has 20 heavy (non-hydrogen) atoms. The minimum absolute atomic E-state index is 0.165. The van der Waals surface area contributed by atoms with Crippen LogP contribution >= 0.6 is 15.9 Å². The molecule has 0 atom stereocenters. The summed E-state index contributed by atoms with van der Waals surface area (Å²) < 4.78 is 52.9. The third kappa shape index (κ3) is 2.98. The highest BCUT2D eigenvalue weighted by atomic mass is 79.9. The minimum Gasteiger partial charge on any atom is -0.317 e. The second kappa shape index (κ2) is 5.62. The Morgan fingerprint density at radius 3 is 2.05 bits per heavy atom. The smallest absolute Gasteiger partial charge is 0.255 e. The maximum atomic E-state index is 13.5. The average molecular weight is 348 g/mol. The zero-order valence-electron chi connectivity index (χ0n) is 9.68. The molecule has 0 unspecified atom stereocenters. The second-order valence-corrected chi connectivity index (χ2v) is 4.74. The summed E-state index contributed by atoms with van der Waals surface area (Å²) in [5.74, 6) is -5.29. The zero-order chi connectivity index (χ0) is 14.9. The molecule has 2 nitrogen and oxygen atoms in total. The van der Waals surface area contributed by atoms with Crippen LogP contribution in [0.4, 0.5) is 23.2 Å². The van der Waals surface area contributed by atoms with Crippen molar-refractivity contribution in [2.45, 2.75) is 0 Å². The number of carbonyl (C=O) groups is 1. The molecule has 0 aliphatic rings. The standard InChI is InChI=1S/C13H6BrF4NO/c14-7-4-10(17)12(11(18)5-7)19-13(20)6-1-2-8(15)9(16)3-6/h1-5H,(H,19,20). The number of hydrogen-bond donors (Lipinski definition) is 1. The Hall–Kier alpha value is -1.89. The molecule has 0 aliphatic carbocycles. The van der Waals surface area contributed by atoms with E-state index in [0.29, 0.717) is 6.07 Å². The Labute approximate surface area is 119 Å². The lowest BCUT2D eigenvalue weighted by molar-refractivity contribution is 0.102. The van der Waals surface area contributed by atoms with E-state index in [2.05, 4.69) is 15.9 Å². The Balaban J connectivity index is 2.30. The number of benzene rings is 2. The predicted octanol–water partition coefficient (Wildman–Crippen LogP) is 4.26. The average Bonchev–Trinajstić information content (AvgIpc) is 2.36. The third-order valence-corrected chi connectivity index (χ3v) is 2.89. The topological polar surface area (TPSA) is 29.1 Å². The van der Waals surface area contributed by atoms with Crippen LogP contribution in [-0.2, 0) is 0 Å². The summed E-state index contributed by atoms with van der Waals surface area (Å²) in [5, 5.41) is 1.97. The van der Waals surface area contributed by atoms with Gasteiger partial charge in [0.25, 0.3) is 5.91 Å². The fourth-order valence-corrected chi connectivity index (χ4v) is 1.89. The highest BCUT2D eigenvalue weighted by Gasteiger charge is 2.16. The van der Waals surface area contributed by atoms with Crippen molar-refractivity contribution in [2.75, 3.05) is 5.32 Å². The number of hydrogen-bond acceptors (Lipinski definition) is 1. The van der Waals surface area contributed by atoms with Crippen molar-refractivity contribution in [3.63, 3.8) is 0 Å². The molecule has 0 bridgehead atoms. The zero-order valence-corrected chi connectivity index (χ0v) is 11.3. The van der Waals surface area contributed by atoms with Crippen LogP contribution in [-0.4, -0.2) is 5.91 Å². The van der Waals surface area contributed by atoms with Crippen molar-refractivity contribution >= 4 is 27.5 Å². The van der Waals surface area contributed by atoms with Crippen molar-refractivity contribution in [1.82, 2.24) is 0 Å². The van der Waals surface area contributed by atoms with Gasteiger partial charge in [-0.1, -0.05) is 15.9 Å². The second-order valence-electron chi connectivity index (χ2n) is 3.83. The fourth-order valence-electron chi connectivity index (χ4n) is 1.48. The summed E-state index contributed by atoms with van der Waals surface area (Å²) >= 11 is 2.89. The molecule has 0 spiro atoms. The summed E-state index contributed by atoms with van der Waals surface area (Å²) in [6.45, 7) is 0. The van der Waals surface area contributed by atoms with Gasteiger partial charge in [-0.25, -0.2) is 17.6 Å². The number of anilines is 1. The molecule has 0 aromatic heterocycles. The number of rotatable bonds is 2. The largest absolute Gasteiger partial charge is 0.317 e. The molecule has 0 heterocycles. The molecule has 2 aromatic carbocycles. The van der Waals surface area contributed by atoms with E-state index in [1.54, 1.807) is 0 Å². The normalized spacial score (nSPS) is 10.4. The SMILES string of the molecule is O=C(Nc1c(F)cc(Br)cc1F)c1ccc(F)c(F)c1. The van der Waals surface area contributed by atoms with E-state index in [1.807, 2.05) is 5.32 Å². The van der Waals surface area contributed by atoms with Gasteiger partial charge in [-0.05, 0) is 30.3 Å². The van der Waals surface area contributed by atoms with Gasteiger partial charge in [0.2, 0.25) is 0 Å². The molecule has 1 N–H and O–H groups in total. The van der Waals surface area contributed by atoms with E-state index in [-0.39, 0.29) is 10.0 Å². The summed E-state index contributed by atoms with van der Waals surface area (Å²) in [6.07, 6.45) is 0. The van der Waals surface area contributed by atoms with Crippen LogP contribution in [0.2, 0.25) is 0 Å². The van der Waals surface area contributed by atoms with E-state index < -0.39 is 34.9 Å². The van der Waals surface area contributed by atoms with Crippen molar-refractivity contribution < 1.29 is 22.4 Å². The quantitative estimate of drug-likeness (QED) is 0.808. The van der Waals surface area contributed by atoms with Crippen molar-refractivity contribution in [2.24, 2.45) is 0 Å². The molecule has 104 valence electrons. The molecular weight excluding hydrogens is 342 g/mol. The van der Waals surface area contributed by atoms with E-state index in [1.165, 1.54) is 0 Å². The fraction of sp³-hybridized carbons (Fsp3) is 0. The molecule has 0 saturated carbocycles. The van der Waals surface area contributed by atoms with E-state index in [4.69, 9.17) is 0 Å². The highest BCUT2D eigenvalue weighted by Crippen LogP contribution is 2.24. The number of halogens is 5. The van der Waals surface area contributed by atoms with Crippen LogP contribution in [0.3, 0.4) is 0 Å². The maximum absolute atomic E-state index is 13.5. The molecule has 0 aliphatic heterocycles. The first-order valence-corrected chi connectivity index (χ1v) is 6.08. The van der Waals surface area contributed by atoms with Crippen molar-refractivity contribution in [3.8, 4) is 0 Å². The van der Waals surface area contributed by atoms with Crippen LogP contribution in [0.1, 0.15) is 10.4 Å². The first-order chi connectivity index (χ1) is 9.38. The number of carbonyl (C=O) groups excluding carboxylic acids is 1. The predicted molar refractivity (Wildman–Crippen MR) is 68.4 cm³/mol. The Morgan fingerprint density at radius 1 is 0.900 bits per heavy atom. The van der Waals surface area contributed by atoms with Crippen LogP contribution in [0, 0.1) is 23.3 Å². The van der Waals surface area contributed by atoms with Gasteiger partial charge in [0.15, 0.2) is 23.3 Å². The van der Waals surface area contributed by atoms with Gasteiger partial charge < -0.3 is 5.32 Å². The van der Waals surface area contributed by atoms with Gasteiger partial charge in [0, 0.05) is 10.0 Å².